The smallest absolute Gasteiger partial charge is 0.381 e. The highest BCUT2D eigenvalue weighted by Gasteiger charge is 2.45. The Morgan fingerprint density at radius 1 is 1.16 bits per heavy atom. The van der Waals surface area contributed by atoms with E-state index in [-0.39, 0.29) is 6.42 Å². The maximum atomic E-state index is 13.0. The van der Waals surface area contributed by atoms with Gasteiger partial charge in [-0.15, -0.1) is 0 Å². The van der Waals surface area contributed by atoms with Crippen molar-refractivity contribution in [2.45, 2.75) is 37.9 Å². The van der Waals surface area contributed by atoms with Gasteiger partial charge in [0.25, 0.3) is 0 Å². The second-order valence-corrected chi connectivity index (χ2v) is 4.84. The van der Waals surface area contributed by atoms with Crippen LogP contribution in [-0.2, 0) is 0 Å². The predicted molar refractivity (Wildman–Crippen MR) is 66.6 cm³/mol. The summed E-state index contributed by atoms with van der Waals surface area (Å²) in [6, 6.07) is 8.03. The molecule has 102 valence electrons. The van der Waals surface area contributed by atoms with Crippen LogP contribution in [0.5, 0.6) is 0 Å². The van der Waals surface area contributed by atoms with E-state index in [9.17, 15) is 13.2 Å². The van der Waals surface area contributed by atoms with Crippen molar-refractivity contribution in [2.24, 2.45) is 5.92 Å². The minimum Gasteiger partial charge on any atom is -0.381 e. The molecule has 1 aliphatic rings. The van der Waals surface area contributed by atoms with Crippen molar-refractivity contribution in [2.75, 3.05) is 5.32 Å². The Bertz CT molecular complexity index is 476. The first-order valence-corrected chi connectivity index (χ1v) is 6.35. The van der Waals surface area contributed by atoms with Crippen LogP contribution in [0.15, 0.2) is 24.3 Å². The Balaban J connectivity index is 2.18. The van der Waals surface area contributed by atoms with Gasteiger partial charge in [-0.05, 0) is 25.0 Å². The van der Waals surface area contributed by atoms with E-state index in [4.69, 9.17) is 5.26 Å². The maximum Gasteiger partial charge on any atom is 0.393 e. The number of alkyl halides is 3. The van der Waals surface area contributed by atoms with E-state index in [1.165, 1.54) is 0 Å². The molecule has 0 heterocycles. The summed E-state index contributed by atoms with van der Waals surface area (Å²) in [5.41, 5.74) is 0.875. The Hall–Kier alpha value is -1.70. The molecule has 0 saturated heterocycles. The third kappa shape index (κ3) is 3.19. The topological polar surface area (TPSA) is 35.8 Å². The number of nitriles is 1. The Kier molecular flexibility index (Phi) is 3.98. The summed E-state index contributed by atoms with van der Waals surface area (Å²) >= 11 is 0. The molecule has 1 aromatic rings. The number of nitrogens with zero attached hydrogens (tertiary/aromatic N) is 1. The van der Waals surface area contributed by atoms with Gasteiger partial charge in [0.05, 0.1) is 17.2 Å². The molecule has 2 rings (SSSR count). The second kappa shape index (κ2) is 5.52. The van der Waals surface area contributed by atoms with Crippen LogP contribution in [-0.4, -0.2) is 12.2 Å². The number of nitrogens with one attached hydrogen (secondary N) is 1. The summed E-state index contributed by atoms with van der Waals surface area (Å²) in [6.45, 7) is 0. The molecule has 0 spiro atoms. The number of benzene rings is 1. The SMILES string of the molecule is N#Cc1ccccc1NC1CCCCC1C(F)(F)F. The van der Waals surface area contributed by atoms with Gasteiger partial charge in [-0.25, -0.2) is 0 Å². The molecule has 1 fully saturated rings. The van der Waals surface area contributed by atoms with Crippen LogP contribution in [0.1, 0.15) is 31.2 Å². The summed E-state index contributed by atoms with van der Waals surface area (Å²) < 4.78 is 38.9. The fourth-order valence-corrected chi connectivity index (χ4v) is 2.60. The number of para-hydroxylation sites is 1. The molecule has 2 nitrogen and oxygen atoms in total. The van der Waals surface area contributed by atoms with Crippen molar-refractivity contribution >= 4 is 5.69 Å². The van der Waals surface area contributed by atoms with Crippen molar-refractivity contribution in [3.05, 3.63) is 29.8 Å². The molecular formula is C14H15F3N2. The van der Waals surface area contributed by atoms with Crippen LogP contribution in [0.4, 0.5) is 18.9 Å². The van der Waals surface area contributed by atoms with Gasteiger partial charge in [0, 0.05) is 6.04 Å². The molecule has 1 aromatic carbocycles. The third-order valence-corrected chi connectivity index (χ3v) is 3.57. The lowest BCUT2D eigenvalue weighted by Gasteiger charge is -2.34. The Labute approximate surface area is 110 Å². The summed E-state index contributed by atoms with van der Waals surface area (Å²) in [4.78, 5) is 0. The van der Waals surface area contributed by atoms with Gasteiger partial charge in [-0.2, -0.15) is 18.4 Å². The van der Waals surface area contributed by atoms with Crippen LogP contribution in [0.3, 0.4) is 0 Å². The molecule has 0 bridgehead atoms. The van der Waals surface area contributed by atoms with E-state index in [1.54, 1.807) is 24.3 Å². The highest BCUT2D eigenvalue weighted by molar-refractivity contribution is 5.57. The number of anilines is 1. The quantitative estimate of drug-likeness (QED) is 0.876. The first kappa shape index (κ1) is 13.7. The Morgan fingerprint density at radius 3 is 2.53 bits per heavy atom. The van der Waals surface area contributed by atoms with Crippen molar-refractivity contribution in [1.82, 2.24) is 0 Å². The van der Waals surface area contributed by atoms with E-state index >= 15 is 0 Å². The number of hydrogen-bond acceptors (Lipinski definition) is 2. The summed E-state index contributed by atoms with van der Waals surface area (Å²) in [7, 11) is 0. The van der Waals surface area contributed by atoms with Crippen molar-refractivity contribution in [1.29, 1.82) is 5.26 Å². The molecule has 1 saturated carbocycles. The molecule has 1 aliphatic carbocycles. The predicted octanol–water partition coefficient (Wildman–Crippen LogP) is 4.09. The van der Waals surface area contributed by atoms with E-state index in [1.807, 2.05) is 6.07 Å². The van der Waals surface area contributed by atoms with Crippen LogP contribution in [0, 0.1) is 17.2 Å². The highest BCUT2D eigenvalue weighted by Crippen LogP contribution is 2.39. The van der Waals surface area contributed by atoms with Gasteiger partial charge < -0.3 is 5.32 Å². The molecule has 1 N–H and O–H groups in total. The summed E-state index contributed by atoms with van der Waals surface area (Å²) in [5, 5.41) is 11.9. The molecule has 5 heteroatoms. The molecular weight excluding hydrogens is 253 g/mol. The third-order valence-electron chi connectivity index (χ3n) is 3.57. The lowest BCUT2D eigenvalue weighted by atomic mass is 9.83. The largest absolute Gasteiger partial charge is 0.393 e. The highest BCUT2D eigenvalue weighted by atomic mass is 19.4. The van der Waals surface area contributed by atoms with Crippen molar-refractivity contribution in [3.63, 3.8) is 0 Å². The molecule has 0 radical (unpaired) electrons. The average Bonchev–Trinajstić information content (AvgIpc) is 2.39. The first-order valence-electron chi connectivity index (χ1n) is 6.35. The van der Waals surface area contributed by atoms with Gasteiger partial charge in [-0.1, -0.05) is 25.0 Å². The van der Waals surface area contributed by atoms with E-state index in [0.717, 1.165) is 6.42 Å². The van der Waals surface area contributed by atoms with E-state index in [0.29, 0.717) is 24.1 Å². The molecule has 2 atom stereocenters. The van der Waals surface area contributed by atoms with Gasteiger partial charge in [0.15, 0.2) is 0 Å². The molecule has 0 amide bonds. The van der Waals surface area contributed by atoms with E-state index in [2.05, 4.69) is 5.32 Å². The maximum absolute atomic E-state index is 13.0. The normalized spacial score (nSPS) is 23.7. The average molecular weight is 268 g/mol. The fraction of sp³-hybridized carbons (Fsp3) is 0.500. The van der Waals surface area contributed by atoms with Gasteiger partial charge in [0.1, 0.15) is 6.07 Å². The van der Waals surface area contributed by atoms with Crippen molar-refractivity contribution in [3.8, 4) is 6.07 Å². The zero-order valence-electron chi connectivity index (χ0n) is 10.4. The zero-order chi connectivity index (χ0) is 13.9. The number of rotatable bonds is 2. The monoisotopic (exact) mass is 268 g/mol. The Morgan fingerprint density at radius 2 is 1.84 bits per heavy atom. The van der Waals surface area contributed by atoms with Gasteiger partial charge in [0.2, 0.25) is 0 Å². The van der Waals surface area contributed by atoms with Crippen LogP contribution >= 0.6 is 0 Å². The molecule has 0 aliphatic heterocycles. The lowest BCUT2D eigenvalue weighted by molar-refractivity contribution is -0.184. The van der Waals surface area contributed by atoms with Gasteiger partial charge in [-0.3, -0.25) is 0 Å². The van der Waals surface area contributed by atoms with E-state index < -0.39 is 18.1 Å². The minimum atomic E-state index is -4.18. The number of halogens is 3. The fourth-order valence-electron chi connectivity index (χ4n) is 2.60. The second-order valence-electron chi connectivity index (χ2n) is 4.84. The molecule has 2 unspecified atom stereocenters. The number of hydrogen-bond donors (Lipinski definition) is 1. The van der Waals surface area contributed by atoms with Crippen LogP contribution in [0.25, 0.3) is 0 Å². The van der Waals surface area contributed by atoms with Crippen molar-refractivity contribution < 1.29 is 13.2 Å². The summed E-state index contributed by atoms with van der Waals surface area (Å²) in [6.07, 6.45) is -2.12. The standard InChI is InChI=1S/C14H15F3N2/c15-14(16,17)11-6-2-4-8-13(11)19-12-7-3-1-5-10(12)9-18/h1,3,5,7,11,13,19H,2,4,6,8H2. The van der Waals surface area contributed by atoms with Crippen LogP contribution < -0.4 is 5.32 Å². The summed E-state index contributed by atoms with van der Waals surface area (Å²) in [5.74, 6) is -1.33. The van der Waals surface area contributed by atoms with Gasteiger partial charge >= 0.3 is 6.18 Å². The molecule has 0 aromatic heterocycles. The molecule has 19 heavy (non-hydrogen) atoms. The minimum absolute atomic E-state index is 0.163. The lowest BCUT2D eigenvalue weighted by Crippen LogP contribution is -2.41. The zero-order valence-corrected chi connectivity index (χ0v) is 10.4. The first-order chi connectivity index (χ1) is 9.02. The van der Waals surface area contributed by atoms with Crippen LogP contribution in [0.2, 0.25) is 0 Å².